The van der Waals surface area contributed by atoms with Gasteiger partial charge in [0, 0.05) is 55.8 Å². The third-order valence-corrected chi connectivity index (χ3v) is 8.97. The second-order valence-corrected chi connectivity index (χ2v) is 12.0. The average Bonchev–Trinajstić information content (AvgIpc) is 3.50. The maximum absolute atomic E-state index is 11.9. The number of aromatic amines is 1. The first-order valence-corrected chi connectivity index (χ1v) is 13.9. The molecule has 2 N–H and O–H groups in total. The van der Waals surface area contributed by atoms with Crippen LogP contribution in [0.25, 0.3) is 32.5 Å². The fourth-order valence-corrected chi connectivity index (χ4v) is 5.93. The minimum atomic E-state index is -3.17. The number of thiophene rings is 1. The van der Waals surface area contributed by atoms with Crippen molar-refractivity contribution in [3.63, 3.8) is 0 Å². The van der Waals surface area contributed by atoms with E-state index in [0.29, 0.717) is 38.5 Å². The lowest BCUT2D eigenvalue weighted by atomic mass is 10.2. The number of nitrogens with zero attached hydrogens (tertiary/aromatic N) is 6. The van der Waals surface area contributed by atoms with Gasteiger partial charge in [0.25, 0.3) is 0 Å². The van der Waals surface area contributed by atoms with Crippen LogP contribution in [-0.2, 0) is 21.3 Å². The molecule has 0 unspecified atom stereocenters. The van der Waals surface area contributed by atoms with Gasteiger partial charge in [0.05, 0.1) is 47.1 Å². The van der Waals surface area contributed by atoms with Crippen LogP contribution in [0.2, 0.25) is 0 Å². The smallest absolute Gasteiger partial charge is 0.213 e. The van der Waals surface area contributed by atoms with Crippen molar-refractivity contribution in [1.29, 1.82) is 0 Å². The molecule has 0 saturated carbocycles. The number of aromatic nitrogens is 5. The molecule has 0 amide bonds. The monoisotopic (exact) mass is 516 g/mol. The standard InChI is InChI=1S/C22H28N8O3S2/c1-29(2)35(31,32)9-3-4-23-11-15-10-18-20(34-15)22(30-5-7-33-8-6-30)27-21(26-18)17-12-24-14-19-16(17)13-25-28-19/h10,12-14,23H,3-9,11H2,1-2H3,(H,25,28). The molecule has 13 heteroatoms. The van der Waals surface area contributed by atoms with E-state index in [2.05, 4.69) is 31.5 Å². The highest BCUT2D eigenvalue weighted by Gasteiger charge is 2.21. The number of sulfonamides is 1. The molecule has 4 aromatic heterocycles. The second kappa shape index (κ2) is 10.1. The van der Waals surface area contributed by atoms with Crippen LogP contribution in [0.4, 0.5) is 5.82 Å². The Bertz CT molecular complexity index is 1430. The van der Waals surface area contributed by atoms with E-state index < -0.39 is 10.0 Å². The molecule has 0 aromatic carbocycles. The number of ether oxygens (including phenoxy) is 1. The van der Waals surface area contributed by atoms with E-state index in [1.807, 2.05) is 0 Å². The van der Waals surface area contributed by atoms with Gasteiger partial charge in [-0.15, -0.1) is 11.3 Å². The fourth-order valence-electron chi connectivity index (χ4n) is 3.98. The van der Waals surface area contributed by atoms with Gasteiger partial charge in [-0.2, -0.15) is 5.10 Å². The zero-order valence-corrected chi connectivity index (χ0v) is 21.3. The molecule has 0 bridgehead atoms. The van der Waals surface area contributed by atoms with Crippen LogP contribution in [0.15, 0.2) is 24.7 Å². The normalized spacial score (nSPS) is 15.0. The Morgan fingerprint density at radius 3 is 2.83 bits per heavy atom. The molecule has 1 fully saturated rings. The van der Waals surface area contributed by atoms with Gasteiger partial charge in [0.15, 0.2) is 11.6 Å². The van der Waals surface area contributed by atoms with Crippen molar-refractivity contribution < 1.29 is 13.2 Å². The van der Waals surface area contributed by atoms with E-state index in [1.165, 1.54) is 4.31 Å². The predicted molar refractivity (Wildman–Crippen MR) is 137 cm³/mol. The molecule has 0 radical (unpaired) electrons. The maximum Gasteiger partial charge on any atom is 0.213 e. The molecule has 5 rings (SSSR count). The van der Waals surface area contributed by atoms with Gasteiger partial charge in [-0.1, -0.05) is 0 Å². The zero-order valence-electron chi connectivity index (χ0n) is 19.7. The Labute approximate surface area is 207 Å². The molecular formula is C22H28N8O3S2. The van der Waals surface area contributed by atoms with Crippen LogP contribution in [0.1, 0.15) is 11.3 Å². The number of rotatable bonds is 9. The van der Waals surface area contributed by atoms with Gasteiger partial charge in [-0.25, -0.2) is 22.7 Å². The number of nitrogens with one attached hydrogen (secondary N) is 2. The number of pyridine rings is 1. The molecule has 0 atom stereocenters. The molecular weight excluding hydrogens is 488 g/mol. The minimum Gasteiger partial charge on any atom is -0.378 e. The van der Waals surface area contributed by atoms with Crippen LogP contribution in [0.3, 0.4) is 0 Å². The van der Waals surface area contributed by atoms with Crippen LogP contribution in [0, 0.1) is 0 Å². The number of H-pyrrole nitrogens is 1. The summed E-state index contributed by atoms with van der Waals surface area (Å²) in [7, 11) is -0.0545. The Hall–Kier alpha value is -2.71. The molecule has 186 valence electrons. The van der Waals surface area contributed by atoms with Gasteiger partial charge >= 0.3 is 0 Å². The number of morpholine rings is 1. The predicted octanol–water partition coefficient (Wildman–Crippen LogP) is 1.84. The first kappa shape index (κ1) is 24.0. The maximum atomic E-state index is 11.9. The quantitative estimate of drug-likeness (QED) is 0.320. The van der Waals surface area contributed by atoms with E-state index in [4.69, 9.17) is 14.7 Å². The number of fused-ring (bicyclic) bond motifs is 2. The van der Waals surface area contributed by atoms with Crippen molar-refractivity contribution >= 4 is 48.3 Å². The molecule has 0 aliphatic carbocycles. The van der Waals surface area contributed by atoms with E-state index in [-0.39, 0.29) is 5.75 Å². The summed E-state index contributed by atoms with van der Waals surface area (Å²) in [6, 6.07) is 2.08. The van der Waals surface area contributed by atoms with Gasteiger partial charge in [0.2, 0.25) is 10.0 Å². The van der Waals surface area contributed by atoms with Crippen molar-refractivity contribution in [1.82, 2.24) is 34.8 Å². The van der Waals surface area contributed by atoms with E-state index in [1.54, 1.807) is 44.0 Å². The Balaban J connectivity index is 1.41. The summed E-state index contributed by atoms with van der Waals surface area (Å²) >= 11 is 1.66. The summed E-state index contributed by atoms with van der Waals surface area (Å²) in [5, 5.41) is 11.4. The molecule has 1 aliphatic rings. The van der Waals surface area contributed by atoms with Crippen molar-refractivity contribution in [2.75, 3.05) is 57.6 Å². The van der Waals surface area contributed by atoms with E-state index >= 15 is 0 Å². The second-order valence-electron chi connectivity index (χ2n) is 8.54. The third kappa shape index (κ3) is 5.14. The SMILES string of the molecule is CN(C)S(=O)(=O)CCCNCc1cc2nc(-c3cncc4[nH]ncc34)nc(N3CCOCC3)c2s1. The van der Waals surface area contributed by atoms with Gasteiger partial charge in [-0.3, -0.25) is 10.1 Å². The highest BCUT2D eigenvalue weighted by molar-refractivity contribution is 7.89. The lowest BCUT2D eigenvalue weighted by Crippen LogP contribution is -2.36. The van der Waals surface area contributed by atoms with Crippen LogP contribution >= 0.6 is 11.3 Å². The highest BCUT2D eigenvalue weighted by Crippen LogP contribution is 2.35. The van der Waals surface area contributed by atoms with Gasteiger partial charge in [0.1, 0.15) is 0 Å². The largest absolute Gasteiger partial charge is 0.378 e. The summed E-state index contributed by atoms with van der Waals surface area (Å²) in [5.41, 5.74) is 2.56. The van der Waals surface area contributed by atoms with Crippen molar-refractivity contribution in [2.24, 2.45) is 0 Å². The molecule has 5 heterocycles. The Morgan fingerprint density at radius 2 is 2.03 bits per heavy atom. The number of hydrogen-bond donors (Lipinski definition) is 2. The summed E-state index contributed by atoms with van der Waals surface area (Å²) in [6.07, 6.45) is 5.84. The van der Waals surface area contributed by atoms with Crippen LogP contribution in [-0.4, -0.2) is 90.6 Å². The third-order valence-electron chi connectivity index (χ3n) is 5.93. The lowest BCUT2D eigenvalue weighted by molar-refractivity contribution is 0.122. The summed E-state index contributed by atoms with van der Waals surface area (Å²) in [6.45, 7) is 4.12. The summed E-state index contributed by atoms with van der Waals surface area (Å²) in [4.78, 5) is 17.6. The molecule has 4 aromatic rings. The zero-order chi connectivity index (χ0) is 24.4. The summed E-state index contributed by atoms with van der Waals surface area (Å²) < 4.78 is 31.7. The average molecular weight is 517 g/mol. The lowest BCUT2D eigenvalue weighted by Gasteiger charge is -2.28. The number of hydrogen-bond acceptors (Lipinski definition) is 10. The van der Waals surface area contributed by atoms with Crippen molar-refractivity contribution in [3.8, 4) is 11.4 Å². The molecule has 1 saturated heterocycles. The van der Waals surface area contributed by atoms with E-state index in [9.17, 15) is 8.42 Å². The first-order valence-electron chi connectivity index (χ1n) is 11.4. The summed E-state index contributed by atoms with van der Waals surface area (Å²) in [5.74, 6) is 1.65. The minimum absolute atomic E-state index is 0.128. The van der Waals surface area contributed by atoms with Crippen LogP contribution in [0.5, 0.6) is 0 Å². The highest BCUT2D eigenvalue weighted by atomic mass is 32.2. The molecule has 1 aliphatic heterocycles. The fraction of sp³-hybridized carbons (Fsp3) is 0.455. The van der Waals surface area contributed by atoms with Crippen LogP contribution < -0.4 is 10.2 Å². The molecule has 11 nitrogen and oxygen atoms in total. The van der Waals surface area contributed by atoms with Gasteiger partial charge < -0.3 is 15.0 Å². The van der Waals surface area contributed by atoms with E-state index in [0.717, 1.165) is 50.5 Å². The Kier molecular flexibility index (Phi) is 6.93. The van der Waals surface area contributed by atoms with Crippen molar-refractivity contribution in [3.05, 3.63) is 29.5 Å². The first-order chi connectivity index (χ1) is 16.9. The van der Waals surface area contributed by atoms with Crippen molar-refractivity contribution in [2.45, 2.75) is 13.0 Å². The Morgan fingerprint density at radius 1 is 1.20 bits per heavy atom. The molecule has 0 spiro atoms. The molecule has 35 heavy (non-hydrogen) atoms. The number of anilines is 1. The van der Waals surface area contributed by atoms with Gasteiger partial charge in [-0.05, 0) is 19.0 Å². The topological polar surface area (TPSA) is 129 Å².